The molecule has 2 aromatic carbocycles. The molecule has 0 atom stereocenters. The van der Waals surface area contributed by atoms with Crippen LogP contribution < -0.4 is 11.5 Å². The lowest BCUT2D eigenvalue weighted by atomic mass is 10.2. The number of hydrogen-bond acceptors (Lipinski definition) is 3. The van der Waals surface area contributed by atoms with Gasteiger partial charge in [-0.1, -0.05) is 29.3 Å². The molecule has 122 valence electrons. The molecule has 0 unspecified atom stereocenters. The first-order valence-electron chi connectivity index (χ1n) is 5.87. The van der Waals surface area contributed by atoms with E-state index >= 15 is 0 Å². The molecule has 0 aliphatic heterocycles. The second kappa shape index (κ2) is 8.14. The summed E-state index contributed by atoms with van der Waals surface area (Å²) in [6.45, 7) is 0. The third-order valence-electron chi connectivity index (χ3n) is 2.55. The van der Waals surface area contributed by atoms with Gasteiger partial charge in [0.15, 0.2) is 0 Å². The van der Waals surface area contributed by atoms with E-state index in [4.69, 9.17) is 39.8 Å². The summed E-state index contributed by atoms with van der Waals surface area (Å²) in [5.41, 5.74) is 10.3. The van der Waals surface area contributed by atoms with Crippen molar-refractivity contribution in [2.24, 2.45) is 5.73 Å². The van der Waals surface area contributed by atoms with E-state index in [1.807, 2.05) is 0 Å². The maximum absolute atomic E-state index is 12.9. The van der Waals surface area contributed by atoms with Crippen LogP contribution in [0, 0.1) is 5.82 Å². The average Bonchev–Trinajstić information content (AvgIpc) is 2.46. The van der Waals surface area contributed by atoms with Crippen LogP contribution in [0.4, 0.5) is 10.1 Å². The van der Waals surface area contributed by atoms with Crippen molar-refractivity contribution in [3.8, 4) is 0 Å². The first-order chi connectivity index (χ1) is 10.7. The van der Waals surface area contributed by atoms with Gasteiger partial charge < -0.3 is 16.6 Å². The number of carboxylic acids is 1. The molecule has 1 amide bonds. The minimum atomic E-state index is -1.07. The number of aromatic carboxylic acids is 1. The quantitative estimate of drug-likeness (QED) is 0.501. The van der Waals surface area contributed by atoms with E-state index in [0.29, 0.717) is 4.47 Å². The SMILES string of the molecule is NC(=O)c1c(F)ccc(Br)c1Cl.Nc1cccc(C(=O)O)c1Cl. The average molecular weight is 424 g/mol. The van der Waals surface area contributed by atoms with Crippen LogP contribution >= 0.6 is 39.1 Å². The highest BCUT2D eigenvalue weighted by atomic mass is 79.9. The van der Waals surface area contributed by atoms with Crippen molar-refractivity contribution in [2.75, 3.05) is 5.73 Å². The largest absolute Gasteiger partial charge is 0.478 e. The number of carbonyl (C=O) groups excluding carboxylic acids is 1. The molecule has 0 heterocycles. The summed E-state index contributed by atoms with van der Waals surface area (Å²) in [5, 5.41) is 8.65. The molecule has 5 nitrogen and oxygen atoms in total. The van der Waals surface area contributed by atoms with Gasteiger partial charge >= 0.3 is 5.97 Å². The molecule has 0 saturated heterocycles. The van der Waals surface area contributed by atoms with Gasteiger partial charge in [0.25, 0.3) is 5.91 Å². The molecular formula is C14H10BrCl2FN2O3. The van der Waals surface area contributed by atoms with Crippen LogP contribution in [0.5, 0.6) is 0 Å². The predicted molar refractivity (Wildman–Crippen MR) is 90.5 cm³/mol. The van der Waals surface area contributed by atoms with Crippen molar-refractivity contribution in [1.82, 2.24) is 0 Å². The van der Waals surface area contributed by atoms with Gasteiger partial charge in [-0.25, -0.2) is 9.18 Å². The molecule has 9 heteroatoms. The summed E-state index contributed by atoms with van der Waals surface area (Å²) >= 11 is 14.2. The Kier molecular flexibility index (Phi) is 6.80. The topological polar surface area (TPSA) is 106 Å². The number of halogens is 4. The van der Waals surface area contributed by atoms with E-state index in [9.17, 15) is 14.0 Å². The Morgan fingerprint density at radius 3 is 2.17 bits per heavy atom. The zero-order valence-corrected chi connectivity index (χ0v) is 14.4. The van der Waals surface area contributed by atoms with Gasteiger partial charge in [-0.15, -0.1) is 0 Å². The van der Waals surface area contributed by atoms with E-state index < -0.39 is 17.7 Å². The van der Waals surface area contributed by atoms with Crippen LogP contribution in [0.15, 0.2) is 34.8 Å². The summed E-state index contributed by atoms with van der Waals surface area (Å²) in [4.78, 5) is 21.1. The van der Waals surface area contributed by atoms with Gasteiger partial charge in [-0.05, 0) is 40.2 Å². The molecule has 0 aliphatic carbocycles. The number of rotatable bonds is 2. The lowest BCUT2D eigenvalue weighted by Gasteiger charge is -2.02. The third-order valence-corrected chi connectivity index (χ3v) is 4.25. The number of primary amides is 1. The molecule has 2 aromatic rings. The molecule has 23 heavy (non-hydrogen) atoms. The van der Waals surface area contributed by atoms with Crippen LogP contribution in [0.2, 0.25) is 10.0 Å². The molecule has 0 fully saturated rings. The summed E-state index contributed by atoms with van der Waals surface area (Å²) in [5.74, 6) is -2.66. The molecule has 0 bridgehead atoms. The van der Waals surface area contributed by atoms with Crippen LogP contribution in [0.1, 0.15) is 20.7 Å². The summed E-state index contributed by atoms with van der Waals surface area (Å²) in [7, 11) is 0. The van der Waals surface area contributed by atoms with Crippen molar-refractivity contribution < 1.29 is 19.1 Å². The Balaban J connectivity index is 0.000000231. The summed E-state index contributed by atoms with van der Waals surface area (Å²) in [6.07, 6.45) is 0. The van der Waals surface area contributed by atoms with Crippen molar-refractivity contribution in [3.63, 3.8) is 0 Å². The number of benzene rings is 2. The van der Waals surface area contributed by atoms with E-state index in [2.05, 4.69) is 15.9 Å². The number of carboxylic acid groups (broad SMARTS) is 1. The van der Waals surface area contributed by atoms with Crippen LogP contribution in [-0.4, -0.2) is 17.0 Å². The predicted octanol–water partition coefficient (Wildman–Crippen LogP) is 3.96. The summed E-state index contributed by atoms with van der Waals surface area (Å²) < 4.78 is 13.3. The maximum atomic E-state index is 12.9. The Labute approximate surface area is 149 Å². The number of nitrogens with two attached hydrogens (primary N) is 2. The van der Waals surface area contributed by atoms with Gasteiger partial charge in [0, 0.05) is 4.47 Å². The molecule has 0 saturated carbocycles. The Morgan fingerprint density at radius 1 is 1.13 bits per heavy atom. The number of nitrogen functional groups attached to an aromatic ring is 1. The van der Waals surface area contributed by atoms with Gasteiger partial charge in [0.2, 0.25) is 0 Å². The van der Waals surface area contributed by atoms with Crippen molar-refractivity contribution in [1.29, 1.82) is 0 Å². The molecule has 2 rings (SSSR count). The normalized spacial score (nSPS) is 9.74. The third kappa shape index (κ3) is 4.82. The van der Waals surface area contributed by atoms with Crippen LogP contribution in [0.3, 0.4) is 0 Å². The zero-order chi connectivity index (χ0) is 17.7. The minimum Gasteiger partial charge on any atom is -0.478 e. The van der Waals surface area contributed by atoms with Crippen molar-refractivity contribution in [3.05, 3.63) is 61.8 Å². The molecule has 0 spiro atoms. The smallest absolute Gasteiger partial charge is 0.337 e. The van der Waals surface area contributed by atoms with Crippen molar-refractivity contribution in [2.45, 2.75) is 0 Å². The molecule has 0 radical (unpaired) electrons. The van der Waals surface area contributed by atoms with Crippen LogP contribution in [-0.2, 0) is 0 Å². The standard InChI is InChI=1S/C7H4BrClFNO.C7H6ClNO2/c8-3-1-2-4(10)5(6(3)9)7(11)12;8-6-4(7(10)11)2-1-3-5(6)9/h1-2H,(H2,11,12);1-3H,9H2,(H,10,11). The Morgan fingerprint density at radius 2 is 1.74 bits per heavy atom. The van der Waals surface area contributed by atoms with Gasteiger partial charge in [0.05, 0.1) is 26.9 Å². The van der Waals surface area contributed by atoms with Crippen molar-refractivity contribution >= 4 is 56.7 Å². The number of hydrogen-bond donors (Lipinski definition) is 3. The van der Waals surface area contributed by atoms with Gasteiger partial charge in [0.1, 0.15) is 5.82 Å². The first kappa shape index (κ1) is 19.2. The van der Waals surface area contributed by atoms with Gasteiger partial charge in [-0.2, -0.15) is 0 Å². The first-order valence-corrected chi connectivity index (χ1v) is 7.42. The highest BCUT2D eigenvalue weighted by Gasteiger charge is 2.14. The van der Waals surface area contributed by atoms with Gasteiger partial charge in [-0.3, -0.25) is 4.79 Å². The van der Waals surface area contributed by atoms with E-state index in [-0.39, 0.29) is 26.9 Å². The fourth-order valence-electron chi connectivity index (χ4n) is 1.47. The second-order valence-corrected chi connectivity index (χ2v) is 5.71. The number of amides is 1. The molecular weight excluding hydrogens is 414 g/mol. The maximum Gasteiger partial charge on any atom is 0.337 e. The number of carbonyl (C=O) groups is 2. The molecule has 0 aliphatic rings. The monoisotopic (exact) mass is 422 g/mol. The second-order valence-electron chi connectivity index (χ2n) is 4.10. The Bertz CT molecular complexity index is 772. The lowest BCUT2D eigenvalue weighted by Crippen LogP contribution is -2.13. The molecule has 5 N–H and O–H groups in total. The summed E-state index contributed by atoms with van der Waals surface area (Å²) in [6, 6.07) is 7.03. The zero-order valence-electron chi connectivity index (χ0n) is 11.3. The highest BCUT2D eigenvalue weighted by molar-refractivity contribution is 9.10. The highest BCUT2D eigenvalue weighted by Crippen LogP contribution is 2.27. The fourth-order valence-corrected chi connectivity index (χ4v) is 2.25. The van der Waals surface area contributed by atoms with E-state index in [0.717, 1.165) is 6.07 Å². The Hall–Kier alpha value is -1.83. The fraction of sp³-hybridized carbons (Fsp3) is 0. The molecule has 0 aromatic heterocycles. The lowest BCUT2D eigenvalue weighted by molar-refractivity contribution is 0.0697. The van der Waals surface area contributed by atoms with E-state index in [1.54, 1.807) is 12.1 Å². The number of anilines is 1. The minimum absolute atomic E-state index is 0.00231. The van der Waals surface area contributed by atoms with E-state index in [1.165, 1.54) is 12.1 Å². The van der Waals surface area contributed by atoms with Crippen LogP contribution in [0.25, 0.3) is 0 Å².